The van der Waals surface area contributed by atoms with E-state index < -0.39 is 5.41 Å². The quantitative estimate of drug-likeness (QED) is 0.172. The number of nitrogens with zero attached hydrogens (tertiary/aromatic N) is 1. The summed E-state index contributed by atoms with van der Waals surface area (Å²) in [6.07, 6.45) is 0. The van der Waals surface area contributed by atoms with Gasteiger partial charge < -0.3 is 9.32 Å². The molecule has 0 saturated heterocycles. The van der Waals surface area contributed by atoms with Crippen molar-refractivity contribution in [3.8, 4) is 44.5 Å². The zero-order valence-electron chi connectivity index (χ0n) is 35.4. The van der Waals surface area contributed by atoms with E-state index in [-0.39, 0.29) is 0 Å². The fourth-order valence-electron chi connectivity index (χ4n) is 11.7. The molecule has 12 aromatic rings. The lowest BCUT2D eigenvalue weighted by atomic mass is 9.70. The Hall–Kier alpha value is -8.46. The Morgan fingerprint density at radius 2 is 0.815 bits per heavy atom. The lowest BCUT2D eigenvalue weighted by molar-refractivity contribution is 0.672. The molecule has 0 aliphatic heterocycles. The van der Waals surface area contributed by atoms with Crippen LogP contribution in [0.1, 0.15) is 22.3 Å². The standard InChI is InChI=1S/C63H39NO/c1-2-18-43-40(16-1)17-13-24-44(43)41-34-36-42(37-35-41)64(58-31-11-6-21-49(58)45-25-14-26-51-46(45)38-39-52-50-22-7-12-33-60(50)65-62(51)52)59-32-15-30-57-61(59)53-23-5-10-29-56(53)63(57)54-27-8-3-19-47(54)48-20-4-9-28-55(48)63/h1-39H. The number of furan rings is 1. The molecule has 2 heteroatoms. The molecule has 0 N–H and O–H groups in total. The number of anilines is 3. The molecule has 14 rings (SSSR count). The highest BCUT2D eigenvalue weighted by molar-refractivity contribution is 6.18. The van der Waals surface area contributed by atoms with Gasteiger partial charge in [-0.3, -0.25) is 0 Å². The predicted octanol–water partition coefficient (Wildman–Crippen LogP) is 17.0. The van der Waals surface area contributed by atoms with Crippen molar-refractivity contribution in [2.75, 3.05) is 4.90 Å². The molecule has 2 nitrogen and oxygen atoms in total. The summed E-state index contributed by atoms with van der Waals surface area (Å²) in [5.74, 6) is 0. The fourth-order valence-corrected chi connectivity index (χ4v) is 11.7. The maximum absolute atomic E-state index is 6.62. The first-order valence-electron chi connectivity index (χ1n) is 22.5. The Bertz CT molecular complexity index is 3860. The van der Waals surface area contributed by atoms with Crippen LogP contribution in [0.2, 0.25) is 0 Å². The van der Waals surface area contributed by atoms with E-state index in [0.717, 1.165) is 60.9 Å². The first-order valence-corrected chi connectivity index (χ1v) is 22.5. The first kappa shape index (κ1) is 36.1. The van der Waals surface area contributed by atoms with Gasteiger partial charge in [0.25, 0.3) is 0 Å². The summed E-state index contributed by atoms with van der Waals surface area (Å²) < 4.78 is 6.62. The van der Waals surface area contributed by atoms with Crippen LogP contribution < -0.4 is 4.90 Å². The second kappa shape index (κ2) is 13.8. The van der Waals surface area contributed by atoms with Gasteiger partial charge in [0, 0.05) is 33.0 Å². The molecule has 2 aliphatic carbocycles. The van der Waals surface area contributed by atoms with Crippen molar-refractivity contribution in [1.82, 2.24) is 0 Å². The molecule has 11 aromatic carbocycles. The third kappa shape index (κ3) is 4.99. The van der Waals surface area contributed by atoms with Crippen LogP contribution in [0.15, 0.2) is 241 Å². The molecule has 302 valence electrons. The van der Waals surface area contributed by atoms with Crippen LogP contribution in [0.4, 0.5) is 17.1 Å². The van der Waals surface area contributed by atoms with E-state index in [1.54, 1.807) is 0 Å². The van der Waals surface area contributed by atoms with Gasteiger partial charge in [0.05, 0.1) is 16.8 Å². The van der Waals surface area contributed by atoms with Crippen LogP contribution in [0, 0.1) is 0 Å². The molecule has 1 aromatic heterocycles. The van der Waals surface area contributed by atoms with Crippen molar-refractivity contribution in [2.45, 2.75) is 5.41 Å². The van der Waals surface area contributed by atoms with Gasteiger partial charge in [-0.1, -0.05) is 200 Å². The predicted molar refractivity (Wildman–Crippen MR) is 271 cm³/mol. The molecule has 0 radical (unpaired) electrons. The van der Waals surface area contributed by atoms with Gasteiger partial charge in [-0.2, -0.15) is 0 Å². The SMILES string of the molecule is c1ccc(N(c2ccc(-c3cccc4ccccc34)cc2)c2cccc3c2-c2ccccc2C32c3ccccc3-c3ccccc32)c(-c2cccc3c2ccc2c4ccccc4oc32)c1. The molecule has 0 bridgehead atoms. The summed E-state index contributed by atoms with van der Waals surface area (Å²) >= 11 is 0. The number of rotatable bonds is 5. The van der Waals surface area contributed by atoms with Crippen molar-refractivity contribution in [1.29, 1.82) is 0 Å². The van der Waals surface area contributed by atoms with E-state index in [1.807, 2.05) is 6.07 Å². The number of hydrogen-bond donors (Lipinski definition) is 0. The van der Waals surface area contributed by atoms with E-state index in [9.17, 15) is 0 Å². The van der Waals surface area contributed by atoms with Crippen LogP contribution in [0.25, 0.3) is 88.0 Å². The van der Waals surface area contributed by atoms with Gasteiger partial charge in [0.15, 0.2) is 0 Å². The molecule has 0 fully saturated rings. The molecule has 0 amide bonds. The van der Waals surface area contributed by atoms with E-state index >= 15 is 0 Å². The van der Waals surface area contributed by atoms with Gasteiger partial charge in [-0.25, -0.2) is 0 Å². The minimum absolute atomic E-state index is 0.466. The Kier molecular flexibility index (Phi) is 7.64. The highest BCUT2D eigenvalue weighted by Crippen LogP contribution is 2.65. The summed E-state index contributed by atoms with van der Waals surface area (Å²) in [4.78, 5) is 2.52. The number of benzene rings is 11. The summed E-state index contributed by atoms with van der Waals surface area (Å²) in [5.41, 5.74) is 19.8. The van der Waals surface area contributed by atoms with Gasteiger partial charge >= 0.3 is 0 Å². The van der Waals surface area contributed by atoms with Crippen LogP contribution in [0.5, 0.6) is 0 Å². The maximum Gasteiger partial charge on any atom is 0.143 e. The number of para-hydroxylation sites is 2. The molecular formula is C63H39NO. The third-order valence-corrected chi connectivity index (χ3v) is 14.3. The van der Waals surface area contributed by atoms with E-state index in [4.69, 9.17) is 4.42 Å². The maximum atomic E-state index is 6.62. The molecule has 1 heterocycles. The minimum atomic E-state index is -0.466. The van der Waals surface area contributed by atoms with Crippen LogP contribution in [0.3, 0.4) is 0 Å². The van der Waals surface area contributed by atoms with Crippen LogP contribution in [-0.4, -0.2) is 0 Å². The second-order valence-electron chi connectivity index (χ2n) is 17.5. The largest absolute Gasteiger partial charge is 0.455 e. The van der Waals surface area contributed by atoms with E-state index in [0.29, 0.717) is 0 Å². The molecule has 1 spiro atoms. The van der Waals surface area contributed by atoms with Gasteiger partial charge in [-0.05, 0) is 108 Å². The smallest absolute Gasteiger partial charge is 0.143 e. The monoisotopic (exact) mass is 825 g/mol. The topological polar surface area (TPSA) is 16.4 Å². The molecule has 0 saturated carbocycles. The molecular weight excluding hydrogens is 787 g/mol. The average Bonchev–Trinajstić information content (AvgIpc) is 4.01. The molecule has 0 unspecified atom stereocenters. The van der Waals surface area contributed by atoms with Gasteiger partial charge in [0.1, 0.15) is 11.2 Å². The van der Waals surface area contributed by atoms with E-state index in [1.165, 1.54) is 66.4 Å². The number of hydrogen-bond acceptors (Lipinski definition) is 2. The van der Waals surface area contributed by atoms with E-state index in [2.05, 4.69) is 235 Å². The molecule has 65 heavy (non-hydrogen) atoms. The minimum Gasteiger partial charge on any atom is -0.455 e. The van der Waals surface area contributed by atoms with Crippen molar-refractivity contribution in [3.05, 3.63) is 259 Å². The second-order valence-corrected chi connectivity index (χ2v) is 17.5. The van der Waals surface area contributed by atoms with Gasteiger partial charge in [0.2, 0.25) is 0 Å². The van der Waals surface area contributed by atoms with Crippen LogP contribution in [-0.2, 0) is 5.41 Å². The average molecular weight is 826 g/mol. The van der Waals surface area contributed by atoms with Crippen molar-refractivity contribution < 1.29 is 4.42 Å². The Balaban J connectivity index is 1.04. The summed E-state index contributed by atoms with van der Waals surface area (Å²) in [7, 11) is 0. The Morgan fingerprint density at radius 3 is 1.62 bits per heavy atom. The molecule has 2 aliphatic rings. The fraction of sp³-hybridized carbons (Fsp3) is 0.0159. The zero-order valence-corrected chi connectivity index (χ0v) is 35.4. The molecule has 0 atom stereocenters. The highest BCUT2D eigenvalue weighted by Gasteiger charge is 2.52. The lowest BCUT2D eigenvalue weighted by Gasteiger charge is -2.32. The Labute approximate surface area is 376 Å². The summed E-state index contributed by atoms with van der Waals surface area (Å²) in [6, 6.07) is 87.1. The van der Waals surface area contributed by atoms with Crippen LogP contribution >= 0.6 is 0 Å². The summed E-state index contributed by atoms with van der Waals surface area (Å²) in [6.45, 7) is 0. The third-order valence-electron chi connectivity index (χ3n) is 14.3. The first-order chi connectivity index (χ1) is 32.3. The normalized spacial score (nSPS) is 13.0. The van der Waals surface area contributed by atoms with Crippen molar-refractivity contribution in [2.24, 2.45) is 0 Å². The Morgan fingerprint density at radius 1 is 0.308 bits per heavy atom. The number of fused-ring (bicyclic) bond motifs is 16. The van der Waals surface area contributed by atoms with Crippen molar-refractivity contribution >= 4 is 60.5 Å². The highest BCUT2D eigenvalue weighted by atomic mass is 16.3. The summed E-state index contributed by atoms with van der Waals surface area (Å²) in [5, 5.41) is 7.01. The van der Waals surface area contributed by atoms with Gasteiger partial charge in [-0.15, -0.1) is 0 Å². The zero-order chi connectivity index (χ0) is 42.6. The van der Waals surface area contributed by atoms with Crippen molar-refractivity contribution in [3.63, 3.8) is 0 Å². The lowest BCUT2D eigenvalue weighted by Crippen LogP contribution is -2.26.